The van der Waals surface area contributed by atoms with Gasteiger partial charge in [-0.2, -0.15) is 0 Å². The van der Waals surface area contributed by atoms with E-state index in [1.807, 2.05) is 6.92 Å². The van der Waals surface area contributed by atoms with E-state index in [2.05, 4.69) is 27.1 Å². The van der Waals surface area contributed by atoms with Gasteiger partial charge in [-0.05, 0) is 49.5 Å². The summed E-state index contributed by atoms with van der Waals surface area (Å²) in [7, 11) is 0. The van der Waals surface area contributed by atoms with E-state index in [4.69, 9.17) is 16.3 Å². The van der Waals surface area contributed by atoms with E-state index in [-0.39, 0.29) is 31.3 Å². The van der Waals surface area contributed by atoms with E-state index in [1.165, 1.54) is 6.20 Å². The topological polar surface area (TPSA) is 86.7 Å². The quantitative estimate of drug-likeness (QED) is 0.370. The average Bonchev–Trinajstić information content (AvgIpc) is 2.85. The largest absolute Gasteiger partial charge is 0.500 e. The minimum Gasteiger partial charge on any atom is -0.500 e. The fourth-order valence-corrected chi connectivity index (χ4v) is 4.80. The number of rotatable bonds is 11. The number of carbonyl (C=O) groups excluding carboxylic acids is 1. The van der Waals surface area contributed by atoms with Crippen molar-refractivity contribution in [1.82, 2.24) is 15.2 Å². The van der Waals surface area contributed by atoms with Gasteiger partial charge in [0.25, 0.3) is 5.91 Å². The second kappa shape index (κ2) is 13.2. The summed E-state index contributed by atoms with van der Waals surface area (Å²) in [5.74, 6) is -2.66. The third kappa shape index (κ3) is 8.28. The van der Waals surface area contributed by atoms with Crippen LogP contribution >= 0.6 is 11.6 Å². The third-order valence-electron chi connectivity index (χ3n) is 6.33. The molecule has 0 aromatic carbocycles. The van der Waals surface area contributed by atoms with Crippen LogP contribution in [0.1, 0.15) is 49.4 Å². The van der Waals surface area contributed by atoms with E-state index >= 15 is 0 Å². The van der Waals surface area contributed by atoms with Crippen LogP contribution in [0.2, 0.25) is 0 Å². The Bertz CT molecular complexity index is 986. The molecular weight excluding hydrogens is 490 g/mol. The molecule has 1 aromatic heterocycles. The highest BCUT2D eigenvalue weighted by Gasteiger charge is 2.36. The number of β-amino-alcohol motifs (C(OH)–C–C–N with tert-alkyl or cyclic N) is 1. The molecule has 1 saturated carbocycles. The Labute approximate surface area is 216 Å². The van der Waals surface area contributed by atoms with E-state index in [0.717, 1.165) is 11.1 Å². The van der Waals surface area contributed by atoms with Crippen molar-refractivity contribution in [2.75, 3.05) is 38.1 Å². The number of hydrogen-bond acceptors (Lipinski definition) is 6. The number of halogens is 3. The zero-order valence-electron chi connectivity index (χ0n) is 20.6. The molecule has 3 rings (SSSR count). The lowest BCUT2D eigenvalue weighted by atomic mass is 9.92. The van der Waals surface area contributed by atoms with Gasteiger partial charge in [0.1, 0.15) is 12.1 Å². The first kappa shape index (κ1) is 28.1. The molecule has 10 heteroatoms. The number of aromatic nitrogens is 1. The van der Waals surface area contributed by atoms with E-state index < -0.39 is 12.0 Å². The van der Waals surface area contributed by atoms with Crippen LogP contribution in [0, 0.1) is 0 Å². The lowest BCUT2D eigenvalue weighted by Gasteiger charge is -2.31. The van der Waals surface area contributed by atoms with Gasteiger partial charge < -0.3 is 20.5 Å². The standard InChI is InChI=1S/C26H35ClF2N4O3/c1-3-18-15-33(11-8-22(18)23(27)17-36-4-2)16-21(34)14-31-25(35)19-7-10-30-24(12-19)32-20-6-5-9-26(28,29)13-20/h3,7,10,12,17,20-21,34H,1,4-6,8-9,11,13-16H2,2H3,(H,30,32)(H,31,35)/b23-17-/t20?,21-/m0/s1. The number of aliphatic hydroxyl groups is 1. The minimum atomic E-state index is -2.67. The average molecular weight is 525 g/mol. The van der Waals surface area contributed by atoms with Crippen molar-refractivity contribution in [2.45, 2.75) is 57.1 Å². The molecule has 2 atom stereocenters. The summed E-state index contributed by atoms with van der Waals surface area (Å²) in [4.78, 5) is 18.9. The highest BCUT2D eigenvalue weighted by Crippen LogP contribution is 2.34. The maximum Gasteiger partial charge on any atom is 0.251 e. The van der Waals surface area contributed by atoms with Crippen LogP contribution in [0.25, 0.3) is 0 Å². The molecule has 0 spiro atoms. The summed E-state index contributed by atoms with van der Waals surface area (Å²) < 4.78 is 32.6. The number of carbonyl (C=O) groups is 1. The van der Waals surface area contributed by atoms with Crippen molar-refractivity contribution in [3.8, 4) is 0 Å². The number of nitrogens with zero attached hydrogens (tertiary/aromatic N) is 2. The van der Waals surface area contributed by atoms with Crippen molar-refractivity contribution in [3.05, 3.63) is 59.0 Å². The highest BCUT2D eigenvalue weighted by atomic mass is 35.5. The van der Waals surface area contributed by atoms with Crippen LogP contribution < -0.4 is 10.6 Å². The molecule has 2 heterocycles. The molecule has 7 nitrogen and oxygen atoms in total. The van der Waals surface area contributed by atoms with Crippen molar-refractivity contribution in [1.29, 1.82) is 0 Å². The van der Waals surface area contributed by atoms with Gasteiger partial charge in [-0.1, -0.05) is 24.3 Å². The van der Waals surface area contributed by atoms with Gasteiger partial charge in [-0.15, -0.1) is 0 Å². The molecule has 1 aromatic rings. The molecule has 198 valence electrons. The summed E-state index contributed by atoms with van der Waals surface area (Å²) in [6, 6.07) is 2.71. The molecular formula is C26H35ClF2N4O3. The molecule has 1 aliphatic carbocycles. The Morgan fingerprint density at radius 1 is 1.50 bits per heavy atom. The van der Waals surface area contributed by atoms with Gasteiger partial charge in [0, 0.05) is 56.8 Å². The van der Waals surface area contributed by atoms with Crippen molar-refractivity contribution >= 4 is 23.3 Å². The molecule has 1 aliphatic heterocycles. The number of allylic oxidation sites excluding steroid dienone is 1. The molecule has 0 bridgehead atoms. The normalized spacial score (nSPS) is 21.6. The van der Waals surface area contributed by atoms with Crippen LogP contribution in [-0.4, -0.2) is 71.8 Å². The Balaban J connectivity index is 1.49. The van der Waals surface area contributed by atoms with Gasteiger partial charge in [0.05, 0.1) is 17.7 Å². The van der Waals surface area contributed by atoms with Crippen LogP contribution in [0.4, 0.5) is 14.6 Å². The molecule has 3 N–H and O–H groups in total. The monoisotopic (exact) mass is 524 g/mol. The number of nitrogens with one attached hydrogen (secondary N) is 2. The number of ether oxygens (including phenoxy) is 1. The zero-order valence-corrected chi connectivity index (χ0v) is 21.4. The van der Waals surface area contributed by atoms with Crippen LogP contribution in [-0.2, 0) is 4.74 Å². The first-order chi connectivity index (χ1) is 17.2. The van der Waals surface area contributed by atoms with Crippen LogP contribution in [0.3, 0.4) is 0 Å². The van der Waals surface area contributed by atoms with Gasteiger partial charge in [-0.25, -0.2) is 13.8 Å². The summed E-state index contributed by atoms with van der Waals surface area (Å²) in [6.45, 7) is 8.03. The fraction of sp³-hybridized carbons (Fsp3) is 0.538. The Morgan fingerprint density at radius 3 is 3.03 bits per heavy atom. The second-order valence-electron chi connectivity index (χ2n) is 9.20. The van der Waals surface area contributed by atoms with Gasteiger partial charge in [-0.3, -0.25) is 9.69 Å². The summed E-state index contributed by atoms with van der Waals surface area (Å²) in [5.41, 5.74) is 2.31. The summed E-state index contributed by atoms with van der Waals surface area (Å²) in [5, 5.41) is 16.8. The van der Waals surface area contributed by atoms with Crippen molar-refractivity contribution in [2.24, 2.45) is 0 Å². The number of anilines is 1. The van der Waals surface area contributed by atoms with Crippen LogP contribution in [0.15, 0.2) is 53.4 Å². The predicted octanol–water partition coefficient (Wildman–Crippen LogP) is 4.47. The minimum absolute atomic E-state index is 0.0697. The lowest BCUT2D eigenvalue weighted by Crippen LogP contribution is -2.42. The Kier molecular flexibility index (Phi) is 10.3. The molecule has 0 radical (unpaired) electrons. The third-order valence-corrected chi connectivity index (χ3v) is 6.65. The van der Waals surface area contributed by atoms with Gasteiger partial charge in [0.15, 0.2) is 0 Å². The number of alkyl halides is 2. The number of pyridine rings is 1. The number of amides is 1. The first-order valence-corrected chi connectivity index (χ1v) is 12.7. The number of hydrogen-bond donors (Lipinski definition) is 3. The summed E-state index contributed by atoms with van der Waals surface area (Å²) >= 11 is 6.36. The second-order valence-corrected chi connectivity index (χ2v) is 9.61. The van der Waals surface area contributed by atoms with Crippen LogP contribution in [0.5, 0.6) is 0 Å². The maximum absolute atomic E-state index is 13.7. The molecule has 1 unspecified atom stereocenters. The van der Waals surface area contributed by atoms with Crippen molar-refractivity contribution in [3.63, 3.8) is 0 Å². The predicted molar refractivity (Wildman–Crippen MR) is 137 cm³/mol. The smallest absolute Gasteiger partial charge is 0.251 e. The summed E-state index contributed by atoms with van der Waals surface area (Å²) in [6.07, 6.45) is 5.44. The van der Waals surface area contributed by atoms with Gasteiger partial charge in [0.2, 0.25) is 5.92 Å². The zero-order chi connectivity index (χ0) is 26.1. The Hall–Kier alpha value is -2.49. The van der Waals surface area contributed by atoms with E-state index in [1.54, 1.807) is 24.5 Å². The van der Waals surface area contributed by atoms with E-state index in [9.17, 15) is 18.7 Å². The van der Waals surface area contributed by atoms with E-state index in [0.29, 0.717) is 61.9 Å². The molecule has 0 saturated heterocycles. The molecule has 1 fully saturated rings. The maximum atomic E-state index is 13.7. The molecule has 36 heavy (non-hydrogen) atoms. The van der Waals surface area contributed by atoms with Gasteiger partial charge >= 0.3 is 0 Å². The lowest BCUT2D eigenvalue weighted by molar-refractivity contribution is -0.0373. The number of aliphatic hydroxyl groups excluding tert-OH is 1. The molecule has 2 aliphatic rings. The highest BCUT2D eigenvalue weighted by molar-refractivity contribution is 6.32. The first-order valence-electron chi connectivity index (χ1n) is 12.3. The fourth-order valence-electron chi connectivity index (χ4n) is 4.52. The van der Waals surface area contributed by atoms with Crippen molar-refractivity contribution < 1.29 is 23.4 Å². The Morgan fingerprint density at radius 2 is 2.31 bits per heavy atom. The molecule has 1 amide bonds. The SMILES string of the molecule is C=CC1=C(/C(Cl)=C/OCC)CCN(C[C@@H](O)CNC(=O)c2ccnc(NC3CCCC(F)(F)C3)c2)C1.